The molecule has 7 heteroatoms. The molecule has 1 aliphatic heterocycles. The highest BCUT2D eigenvalue weighted by Gasteiger charge is 2.29. The molecule has 2 aromatic carbocycles. The number of methoxy groups -OCH3 is 1. The number of aliphatic hydroxyl groups is 1. The van der Waals surface area contributed by atoms with Gasteiger partial charge in [0.05, 0.1) is 19.3 Å². The van der Waals surface area contributed by atoms with Gasteiger partial charge in [-0.25, -0.2) is 4.79 Å². The second-order valence-electron chi connectivity index (χ2n) is 8.08. The van der Waals surface area contributed by atoms with Crippen LogP contribution in [0, 0.1) is 6.92 Å². The van der Waals surface area contributed by atoms with Crippen molar-refractivity contribution in [2.75, 3.05) is 39.9 Å². The minimum atomic E-state index is -0.923. The third-order valence-electron chi connectivity index (χ3n) is 6.23. The Morgan fingerprint density at radius 1 is 1.23 bits per heavy atom. The number of ether oxygens (including phenoxy) is 1. The molecule has 1 aliphatic rings. The van der Waals surface area contributed by atoms with Crippen LogP contribution in [-0.2, 0) is 6.54 Å². The first-order valence-electron chi connectivity index (χ1n) is 10.6. The second kappa shape index (κ2) is 9.09. The van der Waals surface area contributed by atoms with Gasteiger partial charge in [-0.1, -0.05) is 12.1 Å². The van der Waals surface area contributed by atoms with Gasteiger partial charge in [-0.05, 0) is 42.3 Å². The number of aliphatic hydroxyl groups excluding tert-OH is 1. The average Bonchev–Trinajstić information content (AvgIpc) is 3.27. The van der Waals surface area contributed by atoms with Gasteiger partial charge < -0.3 is 19.9 Å². The maximum Gasteiger partial charge on any atom is 0.335 e. The summed E-state index contributed by atoms with van der Waals surface area (Å²) in [6, 6.07) is 11.4. The number of H-pyrrole nitrogens is 1. The Morgan fingerprint density at radius 2 is 2.00 bits per heavy atom. The van der Waals surface area contributed by atoms with E-state index in [1.165, 1.54) is 0 Å². The molecule has 1 aromatic heterocycles. The zero-order chi connectivity index (χ0) is 22.0. The number of rotatable bonds is 7. The summed E-state index contributed by atoms with van der Waals surface area (Å²) in [6.07, 6.45) is 1.96. The molecule has 0 amide bonds. The molecule has 3 aromatic rings. The number of hydrogen-bond donors (Lipinski definition) is 3. The number of fused-ring (bicyclic) bond motifs is 1. The fourth-order valence-corrected chi connectivity index (χ4v) is 4.56. The van der Waals surface area contributed by atoms with Crippen molar-refractivity contribution in [1.29, 1.82) is 0 Å². The van der Waals surface area contributed by atoms with E-state index in [2.05, 4.69) is 33.8 Å². The lowest BCUT2D eigenvalue weighted by Crippen LogP contribution is -2.48. The van der Waals surface area contributed by atoms with Gasteiger partial charge in [0.2, 0.25) is 0 Å². The molecule has 3 N–H and O–H groups in total. The fourth-order valence-electron chi connectivity index (χ4n) is 4.56. The molecule has 0 aliphatic carbocycles. The largest absolute Gasteiger partial charge is 0.496 e. The summed E-state index contributed by atoms with van der Waals surface area (Å²) in [6.45, 7) is 6.04. The number of aryl methyl sites for hydroxylation is 1. The Morgan fingerprint density at radius 3 is 2.68 bits per heavy atom. The summed E-state index contributed by atoms with van der Waals surface area (Å²) >= 11 is 0. The highest BCUT2D eigenvalue weighted by atomic mass is 16.5. The van der Waals surface area contributed by atoms with Crippen LogP contribution in [0.25, 0.3) is 10.9 Å². The topological polar surface area (TPSA) is 89.0 Å². The first kappa shape index (κ1) is 21.4. The number of piperazine rings is 1. The number of aromatic amines is 1. The van der Waals surface area contributed by atoms with Crippen molar-refractivity contribution in [3.63, 3.8) is 0 Å². The molecule has 0 bridgehead atoms. The Bertz CT molecular complexity index is 1060. The zero-order valence-electron chi connectivity index (χ0n) is 18.0. The SMILES string of the molecule is COc1cc(C)c2[nH]ccc2c1CN1CCN(CCO)C[C@H]1c1ccc(C(=O)O)cc1. The number of aromatic carboxylic acids is 1. The number of carboxylic acid groups (broad SMARTS) is 1. The van der Waals surface area contributed by atoms with Crippen LogP contribution in [0.5, 0.6) is 5.75 Å². The van der Waals surface area contributed by atoms with E-state index < -0.39 is 5.97 Å². The van der Waals surface area contributed by atoms with E-state index >= 15 is 0 Å². The van der Waals surface area contributed by atoms with Crippen molar-refractivity contribution >= 4 is 16.9 Å². The Labute approximate surface area is 181 Å². The first-order valence-corrected chi connectivity index (χ1v) is 10.6. The van der Waals surface area contributed by atoms with Gasteiger partial charge in [-0.15, -0.1) is 0 Å². The van der Waals surface area contributed by atoms with Gasteiger partial charge in [0, 0.05) is 61.4 Å². The summed E-state index contributed by atoms with van der Waals surface area (Å²) in [5.41, 5.74) is 4.77. The molecular formula is C24H29N3O4. The minimum Gasteiger partial charge on any atom is -0.496 e. The summed E-state index contributed by atoms with van der Waals surface area (Å²) in [7, 11) is 1.71. The van der Waals surface area contributed by atoms with Crippen LogP contribution in [-0.4, -0.2) is 70.9 Å². The van der Waals surface area contributed by atoms with Gasteiger partial charge in [-0.2, -0.15) is 0 Å². The molecule has 1 saturated heterocycles. The van der Waals surface area contributed by atoms with E-state index in [9.17, 15) is 15.0 Å². The Balaban J connectivity index is 1.69. The van der Waals surface area contributed by atoms with Crippen LogP contribution < -0.4 is 4.74 Å². The van der Waals surface area contributed by atoms with Gasteiger partial charge in [-0.3, -0.25) is 9.80 Å². The number of β-amino-alcohol motifs (C(OH)–C–C–N with tert-alkyl or cyclic N) is 1. The van der Waals surface area contributed by atoms with Crippen LogP contribution in [0.15, 0.2) is 42.6 Å². The molecule has 0 radical (unpaired) electrons. The van der Waals surface area contributed by atoms with Crippen molar-refractivity contribution < 1.29 is 19.7 Å². The molecule has 4 rings (SSSR count). The van der Waals surface area contributed by atoms with Crippen LogP contribution in [0.4, 0.5) is 0 Å². The summed E-state index contributed by atoms with van der Waals surface area (Å²) < 4.78 is 5.74. The predicted molar refractivity (Wildman–Crippen MR) is 120 cm³/mol. The van der Waals surface area contributed by atoms with Crippen LogP contribution in [0.1, 0.15) is 33.1 Å². The number of hydrogen-bond acceptors (Lipinski definition) is 5. The second-order valence-corrected chi connectivity index (χ2v) is 8.08. The van der Waals surface area contributed by atoms with Crippen molar-refractivity contribution in [2.45, 2.75) is 19.5 Å². The third-order valence-corrected chi connectivity index (χ3v) is 6.23. The summed E-state index contributed by atoms with van der Waals surface area (Å²) in [4.78, 5) is 19.3. The van der Waals surface area contributed by atoms with Gasteiger partial charge in [0.15, 0.2) is 0 Å². The highest BCUT2D eigenvalue weighted by Crippen LogP contribution is 2.35. The smallest absolute Gasteiger partial charge is 0.335 e. The van der Waals surface area contributed by atoms with Crippen LogP contribution >= 0.6 is 0 Å². The summed E-state index contributed by atoms with van der Waals surface area (Å²) in [5, 5.41) is 19.8. The molecule has 1 fully saturated rings. The van der Waals surface area contributed by atoms with E-state index in [1.54, 1.807) is 19.2 Å². The number of benzene rings is 2. The lowest BCUT2D eigenvalue weighted by molar-refractivity contribution is 0.0573. The quantitative estimate of drug-likeness (QED) is 0.541. The standard InChI is InChI=1S/C24H29N3O4/c1-16-13-22(31-2)20(19-7-8-25-23(16)19)14-27-10-9-26(11-12-28)15-21(27)17-3-5-18(6-4-17)24(29)30/h3-8,13,21,25,28H,9-12,14-15H2,1-2H3,(H,29,30)/t21-/m0/s1. The number of nitrogens with zero attached hydrogens (tertiary/aromatic N) is 2. The number of aromatic nitrogens is 1. The maximum atomic E-state index is 11.3. The van der Waals surface area contributed by atoms with Gasteiger partial charge >= 0.3 is 5.97 Å². The van der Waals surface area contributed by atoms with E-state index in [4.69, 9.17) is 4.74 Å². The molecule has 7 nitrogen and oxygen atoms in total. The predicted octanol–water partition coefficient (Wildman–Crippen LogP) is 3.03. The molecule has 0 spiro atoms. The molecule has 164 valence electrons. The van der Waals surface area contributed by atoms with Crippen LogP contribution in [0.2, 0.25) is 0 Å². The van der Waals surface area contributed by atoms with Crippen molar-refractivity contribution in [3.8, 4) is 5.75 Å². The molecule has 1 atom stereocenters. The number of nitrogens with one attached hydrogen (secondary N) is 1. The van der Waals surface area contributed by atoms with E-state index in [-0.39, 0.29) is 18.2 Å². The molecule has 0 unspecified atom stereocenters. The first-order chi connectivity index (χ1) is 15.0. The number of carbonyl (C=O) groups is 1. The molecule has 2 heterocycles. The van der Waals surface area contributed by atoms with Crippen molar-refractivity contribution in [3.05, 3.63) is 64.8 Å². The lowest BCUT2D eigenvalue weighted by Gasteiger charge is -2.42. The minimum absolute atomic E-state index is 0.0862. The molecular weight excluding hydrogens is 394 g/mol. The van der Waals surface area contributed by atoms with E-state index in [1.807, 2.05) is 18.3 Å². The molecule has 0 saturated carbocycles. The van der Waals surface area contributed by atoms with Crippen molar-refractivity contribution in [1.82, 2.24) is 14.8 Å². The Hall–Kier alpha value is -2.87. The molecule has 31 heavy (non-hydrogen) atoms. The summed E-state index contributed by atoms with van der Waals surface area (Å²) in [5.74, 6) is -0.0458. The van der Waals surface area contributed by atoms with E-state index in [0.717, 1.165) is 59.5 Å². The fraction of sp³-hybridized carbons (Fsp3) is 0.375. The number of carboxylic acids is 1. The Kier molecular flexibility index (Phi) is 6.27. The highest BCUT2D eigenvalue weighted by molar-refractivity contribution is 5.88. The van der Waals surface area contributed by atoms with Crippen LogP contribution in [0.3, 0.4) is 0 Å². The van der Waals surface area contributed by atoms with E-state index in [0.29, 0.717) is 6.54 Å². The van der Waals surface area contributed by atoms with Gasteiger partial charge in [0.1, 0.15) is 5.75 Å². The maximum absolute atomic E-state index is 11.3. The van der Waals surface area contributed by atoms with Gasteiger partial charge in [0.25, 0.3) is 0 Å². The zero-order valence-corrected chi connectivity index (χ0v) is 18.0. The third kappa shape index (κ3) is 4.30. The normalized spacial score (nSPS) is 17.8. The lowest BCUT2D eigenvalue weighted by atomic mass is 9.98. The van der Waals surface area contributed by atoms with Crippen molar-refractivity contribution in [2.24, 2.45) is 0 Å². The average molecular weight is 424 g/mol. The monoisotopic (exact) mass is 423 g/mol.